The van der Waals surface area contributed by atoms with E-state index in [-0.39, 0.29) is 12.0 Å². The smallest absolute Gasteiger partial charge is 0.257 e. The van der Waals surface area contributed by atoms with E-state index in [1.807, 2.05) is 54.6 Å². The van der Waals surface area contributed by atoms with Crippen molar-refractivity contribution in [1.82, 2.24) is 14.8 Å². The van der Waals surface area contributed by atoms with Gasteiger partial charge in [-0.2, -0.15) is 4.98 Å². The van der Waals surface area contributed by atoms with Gasteiger partial charge in [0.05, 0.1) is 13.4 Å². The number of sulfonamides is 1. The number of anilines is 2. The summed E-state index contributed by atoms with van der Waals surface area (Å²) in [5, 5.41) is 7.59. The Morgan fingerprint density at radius 3 is 2.45 bits per heavy atom. The molecule has 0 unspecified atom stereocenters. The van der Waals surface area contributed by atoms with Crippen LogP contribution in [0.15, 0.2) is 59.1 Å². The standard InChI is InChI=1S/C19H18BrN5O3S/c1-28-15-9-5-13(6-10-15)17-11-16(12-3-7-14(20)8-4-12)21-19-22-18(23-25(17)19)24-29(2,26)27/h3-11,17H,1-2H3,(H2,21,22,23,24)/t17-/m1/s1. The highest BCUT2D eigenvalue weighted by Gasteiger charge is 2.26. The first kappa shape index (κ1) is 19.5. The van der Waals surface area contributed by atoms with Crippen molar-refractivity contribution in [2.24, 2.45) is 0 Å². The Morgan fingerprint density at radius 1 is 1.14 bits per heavy atom. The number of hydrogen-bond donors (Lipinski definition) is 2. The number of aromatic nitrogens is 3. The molecule has 0 fully saturated rings. The number of rotatable bonds is 5. The number of allylic oxidation sites excluding steroid dienone is 1. The number of halogens is 1. The summed E-state index contributed by atoms with van der Waals surface area (Å²) < 4.78 is 33.4. The first-order valence-electron chi connectivity index (χ1n) is 8.65. The molecule has 150 valence electrons. The van der Waals surface area contributed by atoms with Crippen LogP contribution in [0.2, 0.25) is 0 Å². The molecule has 0 radical (unpaired) electrons. The van der Waals surface area contributed by atoms with Crippen LogP contribution < -0.4 is 14.8 Å². The maximum absolute atomic E-state index is 11.6. The van der Waals surface area contributed by atoms with E-state index in [2.05, 4.69) is 36.1 Å². The van der Waals surface area contributed by atoms with Crippen molar-refractivity contribution in [3.63, 3.8) is 0 Å². The number of benzene rings is 2. The van der Waals surface area contributed by atoms with Gasteiger partial charge in [0.15, 0.2) is 0 Å². The van der Waals surface area contributed by atoms with E-state index in [1.54, 1.807) is 11.8 Å². The third-order valence-corrected chi connectivity index (χ3v) is 5.44. The largest absolute Gasteiger partial charge is 0.497 e. The average Bonchev–Trinajstić information content (AvgIpc) is 3.08. The summed E-state index contributed by atoms with van der Waals surface area (Å²) in [7, 11) is -1.88. The van der Waals surface area contributed by atoms with Gasteiger partial charge in [-0.25, -0.2) is 13.1 Å². The van der Waals surface area contributed by atoms with Crippen LogP contribution in [0.1, 0.15) is 17.2 Å². The third-order valence-electron chi connectivity index (χ3n) is 4.35. The van der Waals surface area contributed by atoms with Crippen LogP contribution in [0.25, 0.3) is 5.70 Å². The highest BCUT2D eigenvalue weighted by molar-refractivity contribution is 9.10. The zero-order valence-electron chi connectivity index (χ0n) is 15.6. The summed E-state index contributed by atoms with van der Waals surface area (Å²) in [6, 6.07) is 15.2. The third kappa shape index (κ3) is 4.28. The van der Waals surface area contributed by atoms with Crippen LogP contribution in [0, 0.1) is 0 Å². The molecule has 0 amide bonds. The molecule has 4 rings (SSSR count). The number of hydrogen-bond acceptors (Lipinski definition) is 6. The second kappa shape index (κ2) is 7.53. The first-order chi connectivity index (χ1) is 13.8. The molecule has 2 heterocycles. The molecule has 0 spiro atoms. The van der Waals surface area contributed by atoms with Crippen molar-refractivity contribution < 1.29 is 13.2 Å². The van der Waals surface area contributed by atoms with Crippen LogP contribution >= 0.6 is 15.9 Å². The number of methoxy groups -OCH3 is 1. The van der Waals surface area contributed by atoms with Crippen LogP contribution in [0.4, 0.5) is 11.9 Å². The van der Waals surface area contributed by atoms with Crippen molar-refractivity contribution in [3.05, 3.63) is 70.2 Å². The molecule has 3 aromatic rings. The number of fused-ring (bicyclic) bond motifs is 1. The molecule has 10 heteroatoms. The predicted octanol–water partition coefficient (Wildman–Crippen LogP) is 3.48. The molecule has 1 aliphatic rings. The van der Waals surface area contributed by atoms with Crippen LogP contribution in [0.5, 0.6) is 5.75 Å². The fourth-order valence-electron chi connectivity index (χ4n) is 3.04. The van der Waals surface area contributed by atoms with Gasteiger partial charge in [0.2, 0.25) is 16.0 Å². The molecule has 0 saturated heterocycles. The van der Waals surface area contributed by atoms with E-state index < -0.39 is 10.0 Å². The zero-order chi connectivity index (χ0) is 20.6. The molecule has 29 heavy (non-hydrogen) atoms. The average molecular weight is 476 g/mol. The van der Waals surface area contributed by atoms with Gasteiger partial charge < -0.3 is 10.1 Å². The molecule has 1 aliphatic heterocycles. The normalized spacial score (nSPS) is 15.8. The molecule has 0 bridgehead atoms. The van der Waals surface area contributed by atoms with Crippen LogP contribution in [-0.2, 0) is 10.0 Å². The lowest BCUT2D eigenvalue weighted by molar-refractivity contribution is 0.414. The second-order valence-corrected chi connectivity index (χ2v) is 9.17. The maximum Gasteiger partial charge on any atom is 0.257 e. The SMILES string of the molecule is COc1ccc([C@H]2C=C(c3ccc(Br)cc3)Nc3nc(NS(C)(=O)=O)nn32)cc1. The predicted molar refractivity (Wildman–Crippen MR) is 115 cm³/mol. The quantitative estimate of drug-likeness (QED) is 0.585. The summed E-state index contributed by atoms with van der Waals surface area (Å²) in [6.07, 6.45) is 3.09. The van der Waals surface area contributed by atoms with Gasteiger partial charge in [-0.05, 0) is 41.5 Å². The van der Waals surface area contributed by atoms with E-state index in [9.17, 15) is 8.42 Å². The second-order valence-electron chi connectivity index (χ2n) is 6.51. The van der Waals surface area contributed by atoms with E-state index in [0.717, 1.165) is 33.3 Å². The van der Waals surface area contributed by atoms with Gasteiger partial charge in [-0.3, -0.25) is 4.72 Å². The summed E-state index contributed by atoms with van der Waals surface area (Å²) in [6.45, 7) is 0. The number of nitrogens with zero attached hydrogens (tertiary/aromatic N) is 3. The minimum absolute atomic E-state index is 0.0129. The Kier molecular flexibility index (Phi) is 5.05. The topological polar surface area (TPSA) is 98.1 Å². The highest BCUT2D eigenvalue weighted by Crippen LogP contribution is 2.34. The lowest BCUT2D eigenvalue weighted by Gasteiger charge is -2.24. The molecule has 0 aliphatic carbocycles. The molecule has 1 aromatic heterocycles. The molecule has 2 N–H and O–H groups in total. The lowest BCUT2D eigenvalue weighted by Crippen LogP contribution is -2.20. The Balaban J connectivity index is 1.79. The van der Waals surface area contributed by atoms with Gasteiger partial charge in [0.25, 0.3) is 5.95 Å². The minimum atomic E-state index is -3.49. The highest BCUT2D eigenvalue weighted by atomic mass is 79.9. The van der Waals surface area contributed by atoms with Gasteiger partial charge in [0.1, 0.15) is 11.8 Å². The zero-order valence-corrected chi connectivity index (χ0v) is 18.0. The minimum Gasteiger partial charge on any atom is -0.497 e. The molecular formula is C19H18BrN5O3S. The van der Waals surface area contributed by atoms with Crippen molar-refractivity contribution in [1.29, 1.82) is 0 Å². The molecule has 0 saturated carbocycles. The van der Waals surface area contributed by atoms with Crippen LogP contribution in [-0.4, -0.2) is 36.5 Å². The van der Waals surface area contributed by atoms with Gasteiger partial charge in [0, 0.05) is 10.2 Å². The lowest BCUT2D eigenvalue weighted by atomic mass is 10.0. The summed E-state index contributed by atoms with van der Waals surface area (Å²) in [4.78, 5) is 4.31. The Morgan fingerprint density at radius 2 is 1.83 bits per heavy atom. The van der Waals surface area contributed by atoms with E-state index in [0.29, 0.717) is 5.95 Å². The van der Waals surface area contributed by atoms with Gasteiger partial charge in [-0.1, -0.05) is 40.2 Å². The van der Waals surface area contributed by atoms with Crippen molar-refractivity contribution in [2.45, 2.75) is 6.04 Å². The monoisotopic (exact) mass is 475 g/mol. The summed E-state index contributed by atoms with van der Waals surface area (Å²) in [5.74, 6) is 1.20. The van der Waals surface area contributed by atoms with Crippen molar-refractivity contribution in [3.8, 4) is 5.75 Å². The molecular weight excluding hydrogens is 458 g/mol. The number of nitrogens with one attached hydrogen (secondary N) is 2. The maximum atomic E-state index is 11.6. The molecule has 8 nitrogen and oxygen atoms in total. The Bertz CT molecular complexity index is 1170. The van der Waals surface area contributed by atoms with Crippen molar-refractivity contribution in [2.75, 3.05) is 23.4 Å². The van der Waals surface area contributed by atoms with Crippen molar-refractivity contribution >= 4 is 43.5 Å². The number of ether oxygens (including phenoxy) is 1. The summed E-state index contributed by atoms with van der Waals surface area (Å²) in [5.41, 5.74) is 2.78. The summed E-state index contributed by atoms with van der Waals surface area (Å²) >= 11 is 3.45. The van der Waals surface area contributed by atoms with Gasteiger partial charge >= 0.3 is 0 Å². The fourth-order valence-corrected chi connectivity index (χ4v) is 3.72. The Labute approximate surface area is 176 Å². The first-order valence-corrected chi connectivity index (χ1v) is 11.3. The van der Waals surface area contributed by atoms with E-state index in [4.69, 9.17) is 4.74 Å². The van der Waals surface area contributed by atoms with Crippen LogP contribution in [0.3, 0.4) is 0 Å². The molecule has 1 atom stereocenters. The Hall–Kier alpha value is -2.85. The molecule has 2 aromatic carbocycles. The van der Waals surface area contributed by atoms with Gasteiger partial charge in [-0.15, -0.1) is 5.10 Å². The van der Waals surface area contributed by atoms with E-state index >= 15 is 0 Å². The fraction of sp³-hybridized carbons (Fsp3) is 0.158. The van der Waals surface area contributed by atoms with E-state index in [1.165, 1.54) is 0 Å².